The number of allylic oxidation sites excluding steroid dienone is 1. The third-order valence-corrected chi connectivity index (χ3v) is 4.04. The van der Waals surface area contributed by atoms with Crippen LogP contribution in [0.5, 0.6) is 0 Å². The Bertz CT molecular complexity index is 654. The summed E-state index contributed by atoms with van der Waals surface area (Å²) in [5, 5.41) is 24.9. The molecule has 128 valence electrons. The topological polar surface area (TPSA) is 115 Å². The molecule has 0 bridgehead atoms. The Kier molecular flexibility index (Phi) is 5.62. The lowest BCUT2D eigenvalue weighted by Gasteiger charge is -2.20. The Labute approximate surface area is 138 Å². The molecule has 2 atom stereocenters. The third-order valence-electron chi connectivity index (χ3n) is 4.04. The second kappa shape index (κ2) is 7.67. The monoisotopic (exact) mass is 333 g/mol. The average Bonchev–Trinajstić information content (AvgIpc) is 2.88. The fraction of sp³-hybridized carbons (Fsp3) is 0.438. The molecular formula is C16H19N3O5. The first-order valence-electron chi connectivity index (χ1n) is 7.85. The van der Waals surface area contributed by atoms with Crippen molar-refractivity contribution in [2.45, 2.75) is 38.6 Å². The SMILES string of the molecule is CCCCCC1C(=O)C=CC1Nc1cc([N+](=O)[O-])cc([N+](=O)[O-])c1. The van der Waals surface area contributed by atoms with Gasteiger partial charge in [-0.25, -0.2) is 0 Å². The Hall–Kier alpha value is -2.77. The predicted molar refractivity (Wildman–Crippen MR) is 88.9 cm³/mol. The molecule has 0 aliphatic heterocycles. The lowest BCUT2D eigenvalue weighted by molar-refractivity contribution is -0.394. The highest BCUT2D eigenvalue weighted by Crippen LogP contribution is 2.30. The zero-order valence-corrected chi connectivity index (χ0v) is 13.3. The second-order valence-corrected chi connectivity index (χ2v) is 5.79. The summed E-state index contributed by atoms with van der Waals surface area (Å²) >= 11 is 0. The number of anilines is 1. The molecule has 0 spiro atoms. The summed E-state index contributed by atoms with van der Waals surface area (Å²) < 4.78 is 0. The Morgan fingerprint density at radius 3 is 2.25 bits per heavy atom. The van der Waals surface area contributed by atoms with Crippen LogP contribution in [0.3, 0.4) is 0 Å². The van der Waals surface area contributed by atoms with E-state index in [0.29, 0.717) is 6.42 Å². The number of benzene rings is 1. The van der Waals surface area contributed by atoms with Crippen molar-refractivity contribution in [1.29, 1.82) is 0 Å². The molecule has 0 saturated heterocycles. The van der Waals surface area contributed by atoms with Crippen LogP contribution in [0, 0.1) is 26.1 Å². The van der Waals surface area contributed by atoms with Gasteiger partial charge in [0, 0.05) is 23.7 Å². The van der Waals surface area contributed by atoms with Crippen molar-refractivity contribution in [2.75, 3.05) is 5.32 Å². The standard InChI is InChI=1S/C16H19N3O5/c1-2-3-4-5-14-15(6-7-16(14)20)17-11-8-12(18(21)22)10-13(9-11)19(23)24/h6-10,14-15,17H,2-5H2,1H3. The Morgan fingerprint density at radius 1 is 1.08 bits per heavy atom. The number of rotatable bonds is 8. The maximum atomic E-state index is 12.0. The Morgan fingerprint density at radius 2 is 1.71 bits per heavy atom. The van der Waals surface area contributed by atoms with Gasteiger partial charge in [0.05, 0.1) is 22.0 Å². The molecule has 0 aromatic heterocycles. The van der Waals surface area contributed by atoms with E-state index in [4.69, 9.17) is 0 Å². The van der Waals surface area contributed by atoms with E-state index < -0.39 is 9.85 Å². The Balaban J connectivity index is 2.19. The van der Waals surface area contributed by atoms with Gasteiger partial charge in [-0.2, -0.15) is 0 Å². The zero-order valence-electron chi connectivity index (χ0n) is 13.3. The quantitative estimate of drug-likeness (QED) is 0.441. The second-order valence-electron chi connectivity index (χ2n) is 5.79. The van der Waals surface area contributed by atoms with E-state index in [1.54, 1.807) is 6.08 Å². The third kappa shape index (κ3) is 4.15. The summed E-state index contributed by atoms with van der Waals surface area (Å²) in [5.41, 5.74) is -0.453. The van der Waals surface area contributed by atoms with Crippen molar-refractivity contribution in [3.05, 3.63) is 50.6 Å². The number of nitrogens with one attached hydrogen (secondary N) is 1. The summed E-state index contributed by atoms with van der Waals surface area (Å²) in [6.45, 7) is 2.08. The normalized spacial score (nSPS) is 19.5. The van der Waals surface area contributed by atoms with E-state index in [0.717, 1.165) is 25.3 Å². The molecule has 0 heterocycles. The molecule has 0 saturated carbocycles. The minimum absolute atomic E-state index is 0.0172. The van der Waals surface area contributed by atoms with Gasteiger partial charge in [0.25, 0.3) is 11.4 Å². The highest BCUT2D eigenvalue weighted by molar-refractivity contribution is 5.95. The number of nitro groups is 2. The number of nitro benzene ring substituents is 2. The van der Waals surface area contributed by atoms with Crippen molar-refractivity contribution in [1.82, 2.24) is 0 Å². The molecule has 1 N–H and O–H groups in total. The van der Waals surface area contributed by atoms with Gasteiger partial charge in [-0.1, -0.05) is 32.3 Å². The minimum Gasteiger partial charge on any atom is -0.378 e. The van der Waals surface area contributed by atoms with Gasteiger partial charge in [-0.05, 0) is 12.5 Å². The largest absolute Gasteiger partial charge is 0.378 e. The molecule has 2 rings (SSSR count). The molecule has 0 radical (unpaired) electrons. The molecule has 1 aliphatic carbocycles. The summed E-state index contributed by atoms with van der Waals surface area (Å²) in [4.78, 5) is 32.5. The highest BCUT2D eigenvalue weighted by atomic mass is 16.6. The van der Waals surface area contributed by atoms with Crippen LogP contribution in [0.4, 0.5) is 17.1 Å². The van der Waals surface area contributed by atoms with Crippen molar-refractivity contribution in [3.8, 4) is 0 Å². The number of unbranched alkanes of at least 4 members (excludes halogenated alkanes) is 2. The highest BCUT2D eigenvalue weighted by Gasteiger charge is 2.30. The molecular weight excluding hydrogens is 314 g/mol. The number of carbonyl (C=O) groups excluding carboxylic acids is 1. The molecule has 8 nitrogen and oxygen atoms in total. The molecule has 24 heavy (non-hydrogen) atoms. The first-order chi connectivity index (χ1) is 11.4. The van der Waals surface area contributed by atoms with Crippen LogP contribution in [0.2, 0.25) is 0 Å². The van der Waals surface area contributed by atoms with Crippen LogP contribution in [0.1, 0.15) is 32.6 Å². The van der Waals surface area contributed by atoms with Gasteiger partial charge in [0.2, 0.25) is 0 Å². The summed E-state index contributed by atoms with van der Waals surface area (Å²) in [6, 6.07) is 3.09. The van der Waals surface area contributed by atoms with Gasteiger partial charge < -0.3 is 5.32 Å². The first kappa shape index (κ1) is 17.6. The average molecular weight is 333 g/mol. The van der Waals surface area contributed by atoms with E-state index >= 15 is 0 Å². The zero-order chi connectivity index (χ0) is 17.7. The van der Waals surface area contributed by atoms with Gasteiger partial charge in [-0.3, -0.25) is 25.0 Å². The maximum Gasteiger partial charge on any atom is 0.278 e. The fourth-order valence-electron chi connectivity index (χ4n) is 2.80. The molecule has 0 fully saturated rings. The summed E-state index contributed by atoms with van der Waals surface area (Å²) in [5.74, 6) is -0.224. The molecule has 8 heteroatoms. The van der Waals surface area contributed by atoms with Crippen molar-refractivity contribution < 1.29 is 14.6 Å². The van der Waals surface area contributed by atoms with Crippen LogP contribution in [-0.4, -0.2) is 21.7 Å². The number of nitrogens with zero attached hydrogens (tertiary/aromatic N) is 2. The van der Waals surface area contributed by atoms with E-state index in [2.05, 4.69) is 12.2 Å². The predicted octanol–water partition coefficient (Wildman–Crippen LogP) is 3.62. The van der Waals surface area contributed by atoms with Crippen molar-refractivity contribution >= 4 is 22.8 Å². The number of hydrogen-bond acceptors (Lipinski definition) is 6. The van der Waals surface area contributed by atoms with Gasteiger partial charge in [-0.15, -0.1) is 0 Å². The maximum absolute atomic E-state index is 12.0. The van der Waals surface area contributed by atoms with Crippen LogP contribution in [-0.2, 0) is 4.79 Å². The van der Waals surface area contributed by atoms with Crippen LogP contribution in [0.15, 0.2) is 30.4 Å². The smallest absolute Gasteiger partial charge is 0.278 e. The summed E-state index contributed by atoms with van der Waals surface area (Å²) in [6.07, 6.45) is 6.92. The van der Waals surface area contributed by atoms with E-state index in [1.165, 1.54) is 18.2 Å². The van der Waals surface area contributed by atoms with Crippen molar-refractivity contribution in [2.24, 2.45) is 5.92 Å². The lowest BCUT2D eigenvalue weighted by Crippen LogP contribution is -2.27. The molecule has 1 aromatic carbocycles. The van der Waals surface area contributed by atoms with Gasteiger partial charge in [0.15, 0.2) is 5.78 Å². The van der Waals surface area contributed by atoms with Gasteiger partial charge >= 0.3 is 0 Å². The summed E-state index contributed by atoms with van der Waals surface area (Å²) in [7, 11) is 0. The molecule has 1 aromatic rings. The molecule has 1 aliphatic rings. The van der Waals surface area contributed by atoms with Crippen LogP contribution in [0.25, 0.3) is 0 Å². The number of hydrogen-bond donors (Lipinski definition) is 1. The van der Waals surface area contributed by atoms with Crippen molar-refractivity contribution in [3.63, 3.8) is 0 Å². The first-order valence-corrected chi connectivity index (χ1v) is 7.85. The van der Waals surface area contributed by atoms with Gasteiger partial charge in [0.1, 0.15) is 0 Å². The van der Waals surface area contributed by atoms with Crippen LogP contribution >= 0.6 is 0 Å². The fourth-order valence-corrected chi connectivity index (χ4v) is 2.80. The lowest BCUT2D eigenvalue weighted by atomic mass is 9.94. The molecule has 0 amide bonds. The number of carbonyl (C=O) groups is 1. The number of ketones is 1. The minimum atomic E-state index is -0.674. The van der Waals surface area contributed by atoms with E-state index in [9.17, 15) is 25.0 Å². The van der Waals surface area contributed by atoms with Crippen LogP contribution < -0.4 is 5.32 Å². The molecule has 2 unspecified atom stereocenters. The van der Waals surface area contributed by atoms with E-state index in [1.807, 2.05) is 0 Å². The van der Waals surface area contributed by atoms with E-state index in [-0.39, 0.29) is 34.8 Å². The number of non-ortho nitro benzene ring substituents is 2.